The summed E-state index contributed by atoms with van der Waals surface area (Å²) in [7, 11) is -3.15. The van der Waals surface area contributed by atoms with Gasteiger partial charge in [0.15, 0.2) is 0 Å². The van der Waals surface area contributed by atoms with E-state index in [1.54, 1.807) is 6.08 Å². The van der Waals surface area contributed by atoms with Crippen LogP contribution >= 0.6 is 15.9 Å². The van der Waals surface area contributed by atoms with Crippen LogP contribution in [-0.2, 0) is 14.8 Å². The van der Waals surface area contributed by atoms with E-state index in [4.69, 9.17) is 4.74 Å². The normalized spacial score (nSPS) is 11.5. The van der Waals surface area contributed by atoms with Crippen LogP contribution in [0.1, 0.15) is 6.42 Å². The molecule has 0 saturated carbocycles. The fourth-order valence-corrected chi connectivity index (χ4v) is 1.53. The van der Waals surface area contributed by atoms with Gasteiger partial charge in [0.25, 0.3) is 0 Å². The van der Waals surface area contributed by atoms with E-state index in [1.165, 1.54) is 0 Å². The molecule has 0 aliphatic rings. The number of ether oxygens (including phenoxy) is 1. The van der Waals surface area contributed by atoms with E-state index in [-0.39, 0.29) is 4.66 Å². The molecule has 0 bridgehead atoms. The van der Waals surface area contributed by atoms with Crippen molar-refractivity contribution in [1.82, 2.24) is 4.72 Å². The van der Waals surface area contributed by atoms with Crippen molar-refractivity contribution in [3.63, 3.8) is 0 Å². The summed E-state index contributed by atoms with van der Waals surface area (Å²) >= 11 is 2.86. The van der Waals surface area contributed by atoms with Gasteiger partial charge in [0.1, 0.15) is 4.66 Å². The third kappa shape index (κ3) is 8.42. The first-order valence-electron chi connectivity index (χ1n) is 3.84. The third-order valence-electron chi connectivity index (χ3n) is 1.18. The molecule has 0 spiro atoms. The summed E-state index contributed by atoms with van der Waals surface area (Å²) in [6.45, 7) is 4.82. The van der Waals surface area contributed by atoms with E-state index in [1.807, 2.05) is 0 Å². The van der Waals surface area contributed by atoms with E-state index in [2.05, 4.69) is 27.2 Å². The van der Waals surface area contributed by atoms with Crippen LogP contribution in [0.5, 0.6) is 0 Å². The minimum atomic E-state index is -3.15. The first kappa shape index (κ1) is 13.1. The Bertz CT molecular complexity index is 228. The molecule has 78 valence electrons. The van der Waals surface area contributed by atoms with Gasteiger partial charge in [0.05, 0.1) is 13.2 Å². The van der Waals surface area contributed by atoms with Crippen molar-refractivity contribution < 1.29 is 13.2 Å². The van der Waals surface area contributed by atoms with Gasteiger partial charge in [-0.15, -0.1) is 6.58 Å². The summed E-state index contributed by atoms with van der Waals surface area (Å²) < 4.78 is 29.1. The second-order valence-corrected chi connectivity index (χ2v) is 5.42. The molecule has 13 heavy (non-hydrogen) atoms. The van der Waals surface area contributed by atoms with Crippen LogP contribution in [0.2, 0.25) is 0 Å². The average molecular weight is 272 g/mol. The number of sulfonamides is 1. The smallest absolute Gasteiger partial charge is 0.221 e. The van der Waals surface area contributed by atoms with Crippen molar-refractivity contribution in [2.75, 3.05) is 24.4 Å². The zero-order valence-corrected chi connectivity index (χ0v) is 9.73. The highest BCUT2D eigenvalue weighted by Gasteiger charge is 2.04. The van der Waals surface area contributed by atoms with Crippen molar-refractivity contribution in [1.29, 1.82) is 0 Å². The molecule has 4 nitrogen and oxygen atoms in total. The molecule has 0 saturated heterocycles. The lowest BCUT2D eigenvalue weighted by Gasteiger charge is -2.03. The van der Waals surface area contributed by atoms with Crippen LogP contribution in [-0.4, -0.2) is 32.8 Å². The van der Waals surface area contributed by atoms with Crippen LogP contribution in [0.15, 0.2) is 12.7 Å². The van der Waals surface area contributed by atoms with Gasteiger partial charge < -0.3 is 4.74 Å². The zero-order chi connectivity index (χ0) is 10.2. The maximum absolute atomic E-state index is 10.9. The van der Waals surface area contributed by atoms with Gasteiger partial charge in [0.2, 0.25) is 10.0 Å². The quantitative estimate of drug-likeness (QED) is 0.405. The predicted molar refractivity (Wildman–Crippen MR) is 56.3 cm³/mol. The molecule has 0 aromatic heterocycles. The molecule has 1 N–H and O–H groups in total. The highest BCUT2D eigenvalue weighted by molar-refractivity contribution is 9.10. The average Bonchev–Trinajstić information content (AvgIpc) is 2.11. The van der Waals surface area contributed by atoms with Crippen LogP contribution < -0.4 is 4.72 Å². The van der Waals surface area contributed by atoms with Crippen LogP contribution in [0.4, 0.5) is 0 Å². The van der Waals surface area contributed by atoms with Crippen molar-refractivity contribution >= 4 is 26.0 Å². The fourth-order valence-electron chi connectivity index (χ4n) is 0.577. The number of alkyl halides is 1. The van der Waals surface area contributed by atoms with Gasteiger partial charge >= 0.3 is 0 Å². The third-order valence-corrected chi connectivity index (χ3v) is 3.92. The molecule has 0 fully saturated rings. The molecule has 0 radical (unpaired) electrons. The maximum Gasteiger partial charge on any atom is 0.221 e. The zero-order valence-electron chi connectivity index (χ0n) is 7.33. The highest BCUT2D eigenvalue weighted by Crippen LogP contribution is 1.90. The highest BCUT2D eigenvalue weighted by atomic mass is 79.9. The molecular weight excluding hydrogens is 258 g/mol. The lowest BCUT2D eigenvalue weighted by Crippen LogP contribution is -2.28. The molecule has 0 aromatic rings. The topological polar surface area (TPSA) is 55.4 Å². The van der Waals surface area contributed by atoms with E-state index in [9.17, 15) is 8.42 Å². The Labute approximate surface area is 87.5 Å². The van der Waals surface area contributed by atoms with Gasteiger partial charge in [0, 0.05) is 6.54 Å². The molecular formula is C7H14BrNO3S. The predicted octanol–water partition coefficient (Wildman–Crippen LogP) is 0.851. The minimum Gasteiger partial charge on any atom is -0.380 e. The van der Waals surface area contributed by atoms with Crippen molar-refractivity contribution in [3.05, 3.63) is 12.7 Å². The number of nitrogens with one attached hydrogen (secondary N) is 1. The molecule has 0 amide bonds. The molecule has 0 unspecified atom stereocenters. The van der Waals surface area contributed by atoms with E-state index in [0.29, 0.717) is 19.8 Å². The maximum atomic E-state index is 10.9. The summed E-state index contributed by atoms with van der Waals surface area (Å²) in [5.41, 5.74) is 0. The Morgan fingerprint density at radius 2 is 2.15 bits per heavy atom. The van der Waals surface area contributed by atoms with Crippen LogP contribution in [0, 0.1) is 0 Å². The Morgan fingerprint density at radius 1 is 1.46 bits per heavy atom. The van der Waals surface area contributed by atoms with E-state index in [0.717, 1.165) is 6.42 Å². The lowest BCUT2D eigenvalue weighted by molar-refractivity contribution is 0.144. The van der Waals surface area contributed by atoms with Crippen molar-refractivity contribution in [2.45, 2.75) is 6.42 Å². The first-order valence-corrected chi connectivity index (χ1v) is 6.61. The molecule has 0 aliphatic heterocycles. The lowest BCUT2D eigenvalue weighted by atomic mass is 10.5. The van der Waals surface area contributed by atoms with Crippen molar-refractivity contribution in [2.24, 2.45) is 0 Å². The molecule has 6 heteroatoms. The Balaban J connectivity index is 3.31. The summed E-state index contributed by atoms with van der Waals surface area (Å²) in [5.74, 6) is 0. The molecule has 0 rings (SSSR count). The standard InChI is InChI=1S/C7H14BrNO3S/c1-2-3-5-12-6-4-9-13(10,11)7-8/h2,9H,1,3-7H2. The summed E-state index contributed by atoms with van der Waals surface area (Å²) in [6, 6.07) is 0. The van der Waals surface area contributed by atoms with Gasteiger partial charge in [-0.1, -0.05) is 22.0 Å². The Hall–Kier alpha value is 0.0900. The summed E-state index contributed by atoms with van der Waals surface area (Å²) in [5, 5.41) is 0. The fraction of sp³-hybridized carbons (Fsp3) is 0.714. The number of rotatable bonds is 8. The number of hydrogen-bond acceptors (Lipinski definition) is 3. The largest absolute Gasteiger partial charge is 0.380 e. The van der Waals surface area contributed by atoms with E-state index < -0.39 is 10.0 Å². The van der Waals surface area contributed by atoms with Gasteiger partial charge in [-0.25, -0.2) is 13.1 Å². The second kappa shape index (κ2) is 7.49. The second-order valence-electron chi connectivity index (χ2n) is 2.31. The first-order chi connectivity index (χ1) is 6.12. The SMILES string of the molecule is C=CCCOCCNS(=O)(=O)CBr. The summed E-state index contributed by atoms with van der Waals surface area (Å²) in [4.78, 5) is 0. The number of hydrogen-bond donors (Lipinski definition) is 1. The van der Waals surface area contributed by atoms with Crippen LogP contribution in [0.25, 0.3) is 0 Å². The monoisotopic (exact) mass is 271 g/mol. The number of halogens is 1. The Kier molecular flexibility index (Phi) is 7.54. The summed E-state index contributed by atoms with van der Waals surface area (Å²) in [6.07, 6.45) is 2.54. The molecule has 0 heterocycles. The minimum absolute atomic E-state index is 0.0767. The molecule has 0 aliphatic carbocycles. The Morgan fingerprint density at radius 3 is 2.69 bits per heavy atom. The van der Waals surface area contributed by atoms with Gasteiger partial charge in [-0.2, -0.15) is 0 Å². The van der Waals surface area contributed by atoms with Gasteiger partial charge in [-0.3, -0.25) is 0 Å². The molecule has 0 aromatic carbocycles. The van der Waals surface area contributed by atoms with Crippen LogP contribution in [0.3, 0.4) is 0 Å². The van der Waals surface area contributed by atoms with Crippen molar-refractivity contribution in [3.8, 4) is 0 Å². The van der Waals surface area contributed by atoms with Gasteiger partial charge in [-0.05, 0) is 6.42 Å². The molecule has 0 atom stereocenters. The van der Waals surface area contributed by atoms with E-state index >= 15 is 0 Å².